The monoisotopic (exact) mass is 817 g/mol. The van der Waals surface area contributed by atoms with Crippen LogP contribution in [-0.4, -0.2) is 81.6 Å². The standard InChI is InChI=1S/C52H68N2O6/c1-30-22-32(25-34(23-30)33-13-20-59-21-14-33)26-35-28-54(37-12-19-53-44(35)37)29-36-43-42(31(2)24-38(55)45-48(5,6)60-45)39(56)27-51(43)15-9-16-52(36,58)46-49(7)17-11-41(57)47(3,4)40(49)10-18-50(46,51)8/h9,12,16,19,22-23,25,28,31,33,36-38,40,45-46,55,58H,10-11,13-15,17-18,20-21,24,26-27,29H2,1-8H3/t31-,36-,37?,38-,40-,45+,46?,49?,50+,51-,52-/m1/s1. The van der Waals surface area contributed by atoms with Crippen LogP contribution in [0.5, 0.6) is 0 Å². The minimum atomic E-state index is -1.27. The van der Waals surface area contributed by atoms with Gasteiger partial charge in [0.1, 0.15) is 11.9 Å². The number of hydrogen-bond acceptors (Lipinski definition) is 8. The maximum atomic E-state index is 15.0. The van der Waals surface area contributed by atoms with E-state index in [9.17, 15) is 15.0 Å². The van der Waals surface area contributed by atoms with Gasteiger partial charge in [0.05, 0.1) is 29.1 Å². The third-order valence-corrected chi connectivity index (χ3v) is 18.3. The quantitative estimate of drug-likeness (QED) is 0.190. The molecule has 11 atom stereocenters. The minimum Gasteiger partial charge on any atom is -0.390 e. The molecule has 0 aromatic heterocycles. The van der Waals surface area contributed by atoms with Crippen molar-refractivity contribution in [3.05, 3.63) is 82.2 Å². The van der Waals surface area contributed by atoms with Crippen LogP contribution in [0.15, 0.2) is 70.5 Å². The van der Waals surface area contributed by atoms with E-state index >= 15 is 4.79 Å². The van der Waals surface area contributed by atoms with Crippen molar-refractivity contribution in [2.24, 2.45) is 50.3 Å². The Hall–Kier alpha value is -3.17. The number of allylic oxidation sites excluding steroid dienone is 2. The number of hydrogen-bond donors (Lipinski definition) is 2. The molecule has 1 spiro atoms. The molecule has 2 saturated heterocycles. The zero-order valence-corrected chi connectivity index (χ0v) is 37.4. The van der Waals surface area contributed by atoms with E-state index in [1.807, 2.05) is 20.0 Å². The summed E-state index contributed by atoms with van der Waals surface area (Å²) in [5.74, 6) is 0.433. The van der Waals surface area contributed by atoms with Crippen molar-refractivity contribution in [1.82, 2.24) is 4.90 Å². The number of rotatable bonds is 9. The Bertz CT molecular complexity index is 2170. The maximum Gasteiger partial charge on any atom is 0.160 e. The van der Waals surface area contributed by atoms with Gasteiger partial charge in [-0.25, -0.2) is 0 Å². The lowest BCUT2D eigenvalue weighted by Gasteiger charge is -2.72. The van der Waals surface area contributed by atoms with Gasteiger partial charge < -0.3 is 24.6 Å². The van der Waals surface area contributed by atoms with Crippen LogP contribution in [0.1, 0.15) is 129 Å². The first-order valence-electron chi connectivity index (χ1n) is 23.3. The third-order valence-electron chi connectivity index (χ3n) is 18.3. The van der Waals surface area contributed by atoms with Crippen molar-refractivity contribution in [2.45, 2.75) is 155 Å². The molecular weight excluding hydrogens is 749 g/mol. The van der Waals surface area contributed by atoms with Gasteiger partial charge in [0.2, 0.25) is 0 Å². The van der Waals surface area contributed by atoms with E-state index in [-0.39, 0.29) is 58.0 Å². The van der Waals surface area contributed by atoms with E-state index in [0.717, 1.165) is 68.6 Å². The fourth-order valence-corrected chi connectivity index (χ4v) is 15.7. The van der Waals surface area contributed by atoms with E-state index in [0.29, 0.717) is 43.9 Å². The van der Waals surface area contributed by atoms with Crippen molar-refractivity contribution in [3.63, 3.8) is 0 Å². The van der Waals surface area contributed by atoms with E-state index in [4.69, 9.17) is 14.5 Å². The predicted octanol–water partition coefficient (Wildman–Crippen LogP) is 8.54. The van der Waals surface area contributed by atoms with Gasteiger partial charge in [-0.3, -0.25) is 14.6 Å². The average molecular weight is 817 g/mol. The van der Waals surface area contributed by atoms with Crippen LogP contribution in [0, 0.1) is 52.3 Å². The number of nitrogens with zero attached hydrogens (tertiary/aromatic N) is 2. The van der Waals surface area contributed by atoms with Crippen molar-refractivity contribution in [3.8, 4) is 0 Å². The fraction of sp³-hybridized carbons (Fsp3) is 0.673. The summed E-state index contributed by atoms with van der Waals surface area (Å²) in [6.07, 6.45) is 17.4. The Morgan fingerprint density at radius 1 is 1.02 bits per heavy atom. The lowest BCUT2D eigenvalue weighted by molar-refractivity contribution is -0.243. The number of epoxide rings is 1. The third kappa shape index (κ3) is 5.78. The molecule has 3 saturated carbocycles. The largest absolute Gasteiger partial charge is 0.390 e. The molecule has 8 heteroatoms. The molecule has 8 nitrogen and oxygen atoms in total. The summed E-state index contributed by atoms with van der Waals surface area (Å²) in [6, 6.07) is 7.01. The number of benzene rings is 1. The fourth-order valence-electron chi connectivity index (χ4n) is 15.7. The minimum absolute atomic E-state index is 0.0490. The highest BCUT2D eigenvalue weighted by Gasteiger charge is 2.77. The second-order valence-corrected chi connectivity index (χ2v) is 22.5. The highest BCUT2D eigenvalue weighted by atomic mass is 16.6. The molecule has 2 bridgehead atoms. The molecule has 5 fully saturated rings. The van der Waals surface area contributed by atoms with Crippen LogP contribution in [0.4, 0.5) is 0 Å². The molecule has 3 unspecified atom stereocenters. The summed E-state index contributed by atoms with van der Waals surface area (Å²) in [6.45, 7) is 19.6. The molecule has 2 N–H and O–H groups in total. The first-order valence-corrected chi connectivity index (χ1v) is 23.3. The number of ether oxygens (including phenoxy) is 2. The highest BCUT2D eigenvalue weighted by Crippen LogP contribution is 2.79. The SMILES string of the molecule is Cc1cc(CC2=CN(C[C@@H]3C4=C([C@H](C)C[C@@H](O)[C@@H]5OC5(C)C)C(=O)C[C@]45CC=C[C@]3(O)C3C4(C)CCC(=O)C(C)(C)[C@H]4CC[C@@]35C)C3C=CN=C23)cc(C2CCOCC2)c1. The number of aryl methyl sites for hydroxylation is 1. The highest BCUT2D eigenvalue weighted by molar-refractivity contribution is 6.09. The topological polar surface area (TPSA) is 112 Å². The lowest BCUT2D eigenvalue weighted by atomic mass is 9.32. The maximum absolute atomic E-state index is 15.0. The van der Waals surface area contributed by atoms with Crippen LogP contribution in [0.25, 0.3) is 0 Å². The Balaban J connectivity index is 1.08. The van der Waals surface area contributed by atoms with Crippen LogP contribution < -0.4 is 0 Å². The average Bonchev–Trinajstić information content (AvgIpc) is 3.44. The van der Waals surface area contributed by atoms with Gasteiger partial charge in [-0.15, -0.1) is 0 Å². The van der Waals surface area contributed by atoms with Crippen molar-refractivity contribution in [1.29, 1.82) is 0 Å². The smallest absolute Gasteiger partial charge is 0.160 e. The molecule has 4 aliphatic heterocycles. The molecule has 10 aliphatic rings. The summed E-state index contributed by atoms with van der Waals surface area (Å²) in [5, 5.41) is 25.6. The molecule has 6 aliphatic carbocycles. The molecule has 322 valence electrons. The summed E-state index contributed by atoms with van der Waals surface area (Å²) >= 11 is 0. The van der Waals surface area contributed by atoms with Crippen molar-refractivity contribution >= 4 is 17.3 Å². The number of aliphatic imine (C=N–C) groups is 1. The summed E-state index contributed by atoms with van der Waals surface area (Å²) in [7, 11) is 0. The van der Waals surface area contributed by atoms with E-state index in [1.54, 1.807) is 0 Å². The van der Waals surface area contributed by atoms with Gasteiger partial charge in [-0.2, -0.15) is 0 Å². The number of Topliss-reactive ketones (excluding diaryl/α,β-unsaturated/α-hetero) is 2. The second-order valence-electron chi connectivity index (χ2n) is 22.5. The summed E-state index contributed by atoms with van der Waals surface area (Å²) < 4.78 is 11.6. The number of carbonyl (C=O) groups is 2. The first kappa shape index (κ1) is 40.9. The Morgan fingerprint density at radius 3 is 2.50 bits per heavy atom. The predicted molar refractivity (Wildman–Crippen MR) is 233 cm³/mol. The van der Waals surface area contributed by atoms with E-state index in [1.165, 1.54) is 22.3 Å². The molecular formula is C52H68N2O6. The summed E-state index contributed by atoms with van der Waals surface area (Å²) in [4.78, 5) is 36.1. The van der Waals surface area contributed by atoms with Gasteiger partial charge in [0.25, 0.3) is 0 Å². The molecule has 1 aromatic carbocycles. The van der Waals surface area contributed by atoms with Crippen molar-refractivity contribution < 1.29 is 29.3 Å². The molecule has 60 heavy (non-hydrogen) atoms. The number of aliphatic hydroxyl groups is 2. The lowest BCUT2D eigenvalue weighted by Crippen LogP contribution is -2.72. The van der Waals surface area contributed by atoms with E-state index in [2.05, 4.69) is 89.1 Å². The number of fused-ring (bicyclic) bond motifs is 3. The van der Waals surface area contributed by atoms with Gasteiger partial charge in [-0.05, 0) is 128 Å². The molecule has 0 radical (unpaired) electrons. The van der Waals surface area contributed by atoms with Crippen molar-refractivity contribution in [2.75, 3.05) is 19.8 Å². The Kier molecular flexibility index (Phi) is 9.31. The van der Waals surface area contributed by atoms with Gasteiger partial charge in [-0.1, -0.05) is 70.5 Å². The van der Waals surface area contributed by atoms with E-state index < -0.39 is 22.5 Å². The van der Waals surface area contributed by atoms with Crippen LogP contribution in [-0.2, 0) is 25.5 Å². The molecule has 0 amide bonds. The normalized spacial score (nSPS) is 40.8. The van der Waals surface area contributed by atoms with Gasteiger partial charge in [0.15, 0.2) is 5.78 Å². The molecule has 11 rings (SSSR count). The number of ketones is 2. The Labute approximate surface area is 357 Å². The molecule has 1 aromatic rings. The first-order chi connectivity index (χ1) is 28.3. The zero-order valence-electron chi connectivity index (χ0n) is 37.4. The molecule has 4 heterocycles. The van der Waals surface area contributed by atoms with Gasteiger partial charge >= 0.3 is 0 Å². The number of carbonyl (C=O) groups excluding carboxylic acids is 2. The number of aliphatic hydroxyl groups excluding tert-OH is 1. The zero-order chi connectivity index (χ0) is 42.4. The second kappa shape index (κ2) is 13.7. The van der Waals surface area contributed by atoms with Crippen LogP contribution >= 0.6 is 0 Å². The van der Waals surface area contributed by atoms with Crippen LogP contribution in [0.2, 0.25) is 0 Å². The van der Waals surface area contributed by atoms with Crippen LogP contribution in [0.3, 0.4) is 0 Å². The summed E-state index contributed by atoms with van der Waals surface area (Å²) in [5.41, 5.74) is 4.93. The Morgan fingerprint density at radius 2 is 1.77 bits per heavy atom. The van der Waals surface area contributed by atoms with Gasteiger partial charge in [0, 0.05) is 74.1 Å².